The highest BCUT2D eigenvalue weighted by Crippen LogP contribution is 2.31. The SMILES string of the molecule is CN(Cc1ccc(N2CCOCC2)cc1)C(=O)c1cccnc1S(=O)(=O)C(F)(F)F. The van der Waals surface area contributed by atoms with Gasteiger partial charge in [-0.15, -0.1) is 0 Å². The smallest absolute Gasteiger partial charge is 0.378 e. The summed E-state index contributed by atoms with van der Waals surface area (Å²) in [7, 11) is -4.37. The van der Waals surface area contributed by atoms with Crippen LogP contribution < -0.4 is 4.90 Å². The van der Waals surface area contributed by atoms with Gasteiger partial charge in [-0.3, -0.25) is 4.79 Å². The average molecular weight is 443 g/mol. The average Bonchev–Trinajstić information content (AvgIpc) is 2.73. The largest absolute Gasteiger partial charge is 0.503 e. The van der Waals surface area contributed by atoms with Crippen LogP contribution in [0.5, 0.6) is 0 Å². The van der Waals surface area contributed by atoms with Crippen molar-refractivity contribution in [3.8, 4) is 0 Å². The lowest BCUT2D eigenvalue weighted by atomic mass is 10.1. The molecular formula is C19H20F3N3O4S. The third-order valence-corrected chi connectivity index (χ3v) is 6.08. The van der Waals surface area contributed by atoms with Crippen LogP contribution in [0.25, 0.3) is 0 Å². The van der Waals surface area contributed by atoms with Gasteiger partial charge < -0.3 is 14.5 Å². The van der Waals surface area contributed by atoms with Gasteiger partial charge in [0.15, 0.2) is 5.03 Å². The molecular weight excluding hydrogens is 423 g/mol. The summed E-state index contributed by atoms with van der Waals surface area (Å²) in [6.45, 7) is 2.92. The number of alkyl halides is 3. The number of carbonyl (C=O) groups excluding carboxylic acids is 1. The van der Waals surface area contributed by atoms with Crippen LogP contribution in [-0.4, -0.2) is 63.1 Å². The number of sulfone groups is 1. The summed E-state index contributed by atoms with van der Waals surface area (Å²) in [6.07, 6.45) is 0.903. The summed E-state index contributed by atoms with van der Waals surface area (Å²) in [4.78, 5) is 19.3. The summed E-state index contributed by atoms with van der Waals surface area (Å²) in [5, 5.41) is -1.29. The third kappa shape index (κ3) is 4.57. The van der Waals surface area contributed by atoms with Gasteiger partial charge in [0.25, 0.3) is 15.7 Å². The number of morpholine rings is 1. The normalized spacial score (nSPS) is 15.1. The molecule has 0 atom stereocenters. The minimum atomic E-state index is -5.75. The van der Waals surface area contributed by atoms with E-state index in [1.807, 2.05) is 24.3 Å². The summed E-state index contributed by atoms with van der Waals surface area (Å²) in [5.41, 5.74) is -4.43. The van der Waals surface area contributed by atoms with Crippen LogP contribution in [0.1, 0.15) is 15.9 Å². The number of hydrogen-bond donors (Lipinski definition) is 0. The van der Waals surface area contributed by atoms with Crippen LogP contribution in [0.2, 0.25) is 0 Å². The fourth-order valence-electron chi connectivity index (χ4n) is 3.06. The zero-order valence-corrected chi connectivity index (χ0v) is 16.9. The molecule has 0 spiro atoms. The van der Waals surface area contributed by atoms with Gasteiger partial charge in [-0.1, -0.05) is 12.1 Å². The topological polar surface area (TPSA) is 79.8 Å². The molecule has 1 aliphatic rings. The number of aromatic nitrogens is 1. The molecule has 1 aromatic carbocycles. The van der Waals surface area contributed by atoms with E-state index < -0.39 is 31.8 Å². The predicted molar refractivity (Wildman–Crippen MR) is 103 cm³/mol. The number of amides is 1. The van der Waals surface area contributed by atoms with Crippen LogP contribution in [0.15, 0.2) is 47.6 Å². The van der Waals surface area contributed by atoms with Crippen molar-refractivity contribution >= 4 is 21.4 Å². The molecule has 0 N–H and O–H groups in total. The van der Waals surface area contributed by atoms with Crippen LogP contribution in [0.3, 0.4) is 0 Å². The summed E-state index contributed by atoms with van der Waals surface area (Å²) in [5.74, 6) is -0.872. The highest BCUT2D eigenvalue weighted by Gasteiger charge is 2.49. The molecule has 1 aliphatic heterocycles. The van der Waals surface area contributed by atoms with Crippen LogP contribution in [-0.2, 0) is 21.1 Å². The Morgan fingerprint density at radius 2 is 1.80 bits per heavy atom. The van der Waals surface area contributed by atoms with Crippen molar-refractivity contribution in [2.45, 2.75) is 17.1 Å². The second-order valence-electron chi connectivity index (χ2n) is 6.73. The van der Waals surface area contributed by atoms with E-state index >= 15 is 0 Å². The van der Waals surface area contributed by atoms with Crippen molar-refractivity contribution in [2.24, 2.45) is 0 Å². The van der Waals surface area contributed by atoms with E-state index in [0.29, 0.717) is 13.2 Å². The number of nitrogens with zero attached hydrogens (tertiary/aromatic N) is 3. The van der Waals surface area contributed by atoms with E-state index in [4.69, 9.17) is 4.74 Å². The van der Waals surface area contributed by atoms with Crippen molar-refractivity contribution in [3.63, 3.8) is 0 Å². The highest BCUT2D eigenvalue weighted by molar-refractivity contribution is 7.92. The van der Waals surface area contributed by atoms with Gasteiger partial charge in [0, 0.05) is 38.6 Å². The first kappa shape index (κ1) is 22.0. The monoisotopic (exact) mass is 443 g/mol. The Bertz CT molecular complexity index is 1000. The van der Waals surface area contributed by atoms with Gasteiger partial charge in [0.2, 0.25) is 0 Å². The fourth-order valence-corrected chi connectivity index (χ4v) is 3.93. The molecule has 2 heterocycles. The number of halogens is 3. The third-order valence-electron chi connectivity index (χ3n) is 4.64. The number of carbonyl (C=O) groups is 1. The van der Waals surface area contributed by atoms with Gasteiger partial charge in [0.05, 0.1) is 18.8 Å². The van der Waals surface area contributed by atoms with E-state index in [1.165, 1.54) is 13.1 Å². The standard InChI is InChI=1S/C19H20F3N3O4S/c1-24(13-14-4-6-15(7-5-14)25-9-11-29-12-10-25)18(26)16-3-2-8-23-17(16)30(27,28)19(20,21)22/h2-8H,9-13H2,1H3. The minimum Gasteiger partial charge on any atom is -0.378 e. The van der Waals surface area contributed by atoms with Crippen LogP contribution in [0.4, 0.5) is 18.9 Å². The van der Waals surface area contributed by atoms with Gasteiger partial charge in [-0.25, -0.2) is 13.4 Å². The fraction of sp³-hybridized carbons (Fsp3) is 0.368. The maximum atomic E-state index is 12.9. The van der Waals surface area contributed by atoms with E-state index in [0.717, 1.165) is 41.5 Å². The molecule has 1 aromatic heterocycles. The summed E-state index contributed by atoms with van der Waals surface area (Å²) < 4.78 is 67.7. The Kier molecular flexibility index (Phi) is 6.32. The summed E-state index contributed by atoms with van der Waals surface area (Å²) in [6, 6.07) is 9.64. The quantitative estimate of drug-likeness (QED) is 0.707. The molecule has 0 unspecified atom stereocenters. The van der Waals surface area contributed by atoms with E-state index in [1.54, 1.807) is 0 Å². The maximum Gasteiger partial charge on any atom is 0.503 e. The molecule has 162 valence electrons. The van der Waals surface area contributed by atoms with Gasteiger partial charge in [0.1, 0.15) is 0 Å². The lowest BCUT2D eigenvalue weighted by Gasteiger charge is -2.29. The van der Waals surface area contributed by atoms with E-state index in [-0.39, 0.29) is 6.54 Å². The van der Waals surface area contributed by atoms with Crippen molar-refractivity contribution in [1.29, 1.82) is 0 Å². The second-order valence-corrected chi connectivity index (χ2v) is 8.59. The van der Waals surface area contributed by atoms with Crippen molar-refractivity contribution in [2.75, 3.05) is 38.3 Å². The first-order chi connectivity index (χ1) is 14.1. The molecule has 0 saturated carbocycles. The first-order valence-electron chi connectivity index (χ1n) is 9.05. The Morgan fingerprint density at radius 3 is 2.40 bits per heavy atom. The lowest BCUT2D eigenvalue weighted by molar-refractivity contribution is -0.0438. The van der Waals surface area contributed by atoms with E-state index in [2.05, 4.69) is 9.88 Å². The minimum absolute atomic E-state index is 0.0859. The first-order valence-corrected chi connectivity index (χ1v) is 10.5. The number of pyridine rings is 1. The van der Waals surface area contributed by atoms with Crippen molar-refractivity contribution in [1.82, 2.24) is 9.88 Å². The molecule has 1 fully saturated rings. The molecule has 30 heavy (non-hydrogen) atoms. The van der Waals surface area contributed by atoms with Gasteiger partial charge in [-0.2, -0.15) is 13.2 Å². The highest BCUT2D eigenvalue weighted by atomic mass is 32.2. The molecule has 2 aromatic rings. The molecule has 0 radical (unpaired) electrons. The van der Waals surface area contributed by atoms with Crippen LogP contribution in [0, 0.1) is 0 Å². The van der Waals surface area contributed by atoms with Crippen molar-refractivity contribution in [3.05, 3.63) is 53.7 Å². The number of hydrogen-bond acceptors (Lipinski definition) is 6. The molecule has 3 rings (SSSR count). The zero-order valence-electron chi connectivity index (χ0n) is 16.1. The Balaban J connectivity index is 1.77. The zero-order chi connectivity index (χ0) is 21.9. The molecule has 11 heteroatoms. The van der Waals surface area contributed by atoms with Crippen molar-refractivity contribution < 1.29 is 31.1 Å². The summed E-state index contributed by atoms with van der Waals surface area (Å²) >= 11 is 0. The Morgan fingerprint density at radius 1 is 1.17 bits per heavy atom. The Labute approximate surface area is 172 Å². The second kappa shape index (κ2) is 8.60. The molecule has 0 bridgehead atoms. The Hall–Kier alpha value is -2.66. The molecule has 1 saturated heterocycles. The molecule has 1 amide bonds. The molecule has 0 aliphatic carbocycles. The number of benzene rings is 1. The maximum absolute atomic E-state index is 12.9. The number of ether oxygens (including phenoxy) is 1. The van der Waals surface area contributed by atoms with E-state index in [9.17, 15) is 26.4 Å². The predicted octanol–water partition coefficient (Wildman–Crippen LogP) is 2.48. The number of anilines is 1. The molecule has 7 nitrogen and oxygen atoms in total. The van der Waals surface area contributed by atoms with Gasteiger partial charge >= 0.3 is 5.51 Å². The number of rotatable bonds is 5. The lowest BCUT2D eigenvalue weighted by Crippen LogP contribution is -2.36. The van der Waals surface area contributed by atoms with Gasteiger partial charge in [-0.05, 0) is 29.8 Å². The van der Waals surface area contributed by atoms with Crippen LogP contribution >= 0.6 is 0 Å².